The molecule has 0 atom stereocenters. The minimum absolute atomic E-state index is 0.0718. The molecule has 0 spiro atoms. The quantitative estimate of drug-likeness (QED) is 0.480. The summed E-state index contributed by atoms with van der Waals surface area (Å²) < 4.78 is 12.1. The van der Waals surface area contributed by atoms with Gasteiger partial charge in [0.05, 0.1) is 32.8 Å². The van der Waals surface area contributed by atoms with Gasteiger partial charge >= 0.3 is 5.97 Å². The molecule has 146 valence electrons. The summed E-state index contributed by atoms with van der Waals surface area (Å²) >= 11 is 0. The van der Waals surface area contributed by atoms with Gasteiger partial charge in [-0.1, -0.05) is 0 Å². The van der Waals surface area contributed by atoms with Crippen molar-refractivity contribution in [2.45, 2.75) is 13.3 Å². The second-order valence-electron chi connectivity index (χ2n) is 5.82. The number of ether oxygens (including phenoxy) is 2. The fourth-order valence-electron chi connectivity index (χ4n) is 2.58. The lowest BCUT2D eigenvalue weighted by Crippen LogP contribution is -2.36. The molecule has 0 saturated heterocycles. The number of esters is 1. The van der Waals surface area contributed by atoms with E-state index in [1.807, 2.05) is 41.2 Å². The van der Waals surface area contributed by atoms with Gasteiger partial charge in [-0.25, -0.2) is 0 Å². The molecule has 1 N–H and O–H groups in total. The highest BCUT2D eigenvalue weighted by Crippen LogP contribution is 2.12. The van der Waals surface area contributed by atoms with Gasteiger partial charge in [0.1, 0.15) is 0 Å². The van der Waals surface area contributed by atoms with E-state index in [2.05, 4.69) is 0 Å². The molecule has 0 bridgehead atoms. The molecule has 0 radical (unpaired) electrons. The lowest BCUT2D eigenvalue weighted by Gasteiger charge is -2.22. The summed E-state index contributed by atoms with van der Waals surface area (Å²) in [5, 5.41) is 8.79. The molecular formula is C20H26N2O5. The van der Waals surface area contributed by atoms with E-state index in [4.69, 9.17) is 14.6 Å². The lowest BCUT2D eigenvalue weighted by atomic mass is 10.1. The Hall–Kier alpha value is -2.64. The number of carbonyl (C=O) groups is 2. The van der Waals surface area contributed by atoms with Crippen molar-refractivity contribution in [3.63, 3.8) is 0 Å². The van der Waals surface area contributed by atoms with E-state index in [1.165, 1.54) is 0 Å². The summed E-state index contributed by atoms with van der Waals surface area (Å²) in [6, 6.07) is 11.1. The van der Waals surface area contributed by atoms with Crippen LogP contribution >= 0.6 is 0 Å². The predicted octanol–water partition coefficient (Wildman–Crippen LogP) is 1.88. The molecule has 2 aromatic rings. The minimum atomic E-state index is -0.338. The van der Waals surface area contributed by atoms with Gasteiger partial charge in [-0.15, -0.1) is 0 Å². The molecule has 1 amide bonds. The van der Waals surface area contributed by atoms with Crippen molar-refractivity contribution in [3.05, 3.63) is 54.4 Å². The fourth-order valence-corrected chi connectivity index (χ4v) is 2.58. The Morgan fingerprint density at radius 3 is 2.41 bits per heavy atom. The maximum atomic E-state index is 12.8. The number of aromatic nitrogens is 1. The minimum Gasteiger partial charge on any atom is -0.466 e. The van der Waals surface area contributed by atoms with Gasteiger partial charge in [-0.3, -0.25) is 9.59 Å². The fraction of sp³-hybridized carbons (Fsp3) is 0.400. The van der Waals surface area contributed by atoms with E-state index in [9.17, 15) is 9.59 Å². The van der Waals surface area contributed by atoms with Gasteiger partial charge in [-0.2, -0.15) is 0 Å². The highest BCUT2D eigenvalue weighted by Gasteiger charge is 2.17. The Morgan fingerprint density at radius 1 is 1.07 bits per heavy atom. The van der Waals surface area contributed by atoms with E-state index in [0.29, 0.717) is 18.7 Å². The molecule has 7 nitrogen and oxygen atoms in total. The maximum absolute atomic E-state index is 12.8. The highest BCUT2D eigenvalue weighted by atomic mass is 16.5. The molecule has 2 rings (SSSR count). The van der Waals surface area contributed by atoms with Gasteiger partial charge in [-0.05, 0) is 43.3 Å². The van der Waals surface area contributed by atoms with Gasteiger partial charge in [0.2, 0.25) is 0 Å². The number of aliphatic hydroxyl groups excluding tert-OH is 1. The van der Waals surface area contributed by atoms with Crippen LogP contribution in [0.5, 0.6) is 0 Å². The van der Waals surface area contributed by atoms with Crippen molar-refractivity contribution in [2.75, 3.05) is 39.5 Å². The third-order valence-electron chi connectivity index (χ3n) is 3.94. The zero-order valence-corrected chi connectivity index (χ0v) is 15.5. The van der Waals surface area contributed by atoms with Crippen molar-refractivity contribution in [3.8, 4) is 5.69 Å². The van der Waals surface area contributed by atoms with Crippen molar-refractivity contribution < 1.29 is 24.2 Å². The van der Waals surface area contributed by atoms with Crippen molar-refractivity contribution in [2.24, 2.45) is 0 Å². The van der Waals surface area contributed by atoms with Gasteiger partial charge in [0.15, 0.2) is 0 Å². The monoisotopic (exact) mass is 374 g/mol. The number of nitrogens with zero attached hydrogens (tertiary/aromatic N) is 2. The van der Waals surface area contributed by atoms with E-state index >= 15 is 0 Å². The van der Waals surface area contributed by atoms with Crippen LogP contribution in [0.2, 0.25) is 0 Å². The molecule has 1 aromatic carbocycles. The van der Waals surface area contributed by atoms with Crippen LogP contribution in [-0.2, 0) is 14.3 Å². The Labute approximate surface area is 159 Å². The Bertz CT molecular complexity index is 698. The van der Waals surface area contributed by atoms with Crippen LogP contribution in [0.25, 0.3) is 5.69 Å². The van der Waals surface area contributed by atoms with Gasteiger partial charge < -0.3 is 24.0 Å². The summed E-state index contributed by atoms with van der Waals surface area (Å²) in [4.78, 5) is 26.0. The van der Waals surface area contributed by atoms with Crippen LogP contribution in [0.15, 0.2) is 48.8 Å². The molecule has 0 unspecified atom stereocenters. The topological polar surface area (TPSA) is 81.0 Å². The van der Waals surface area contributed by atoms with Crippen molar-refractivity contribution >= 4 is 11.9 Å². The van der Waals surface area contributed by atoms with Gasteiger partial charge in [0.25, 0.3) is 5.91 Å². The predicted molar refractivity (Wildman–Crippen MR) is 101 cm³/mol. The van der Waals surface area contributed by atoms with E-state index < -0.39 is 0 Å². The molecule has 0 aliphatic heterocycles. The number of benzene rings is 1. The van der Waals surface area contributed by atoms with Crippen LogP contribution in [0, 0.1) is 0 Å². The first-order valence-corrected chi connectivity index (χ1v) is 9.02. The summed E-state index contributed by atoms with van der Waals surface area (Å²) in [5.41, 5.74) is 1.50. The average molecular weight is 374 g/mol. The van der Waals surface area contributed by atoms with E-state index in [0.717, 1.165) is 5.69 Å². The highest BCUT2D eigenvalue weighted by molar-refractivity contribution is 5.94. The van der Waals surface area contributed by atoms with Crippen molar-refractivity contribution in [1.82, 2.24) is 9.47 Å². The van der Waals surface area contributed by atoms with Gasteiger partial charge in [0, 0.05) is 36.7 Å². The maximum Gasteiger partial charge on any atom is 0.307 e. The van der Waals surface area contributed by atoms with Crippen LogP contribution in [-0.4, -0.2) is 66.0 Å². The molecular weight excluding hydrogens is 348 g/mol. The first kappa shape index (κ1) is 20.7. The third-order valence-corrected chi connectivity index (χ3v) is 3.94. The number of hydrogen-bond acceptors (Lipinski definition) is 5. The van der Waals surface area contributed by atoms with E-state index in [1.54, 1.807) is 24.0 Å². The third kappa shape index (κ3) is 6.54. The Kier molecular flexibility index (Phi) is 8.54. The molecule has 7 heteroatoms. The molecule has 0 aliphatic carbocycles. The zero-order valence-electron chi connectivity index (χ0n) is 15.5. The second kappa shape index (κ2) is 11.2. The van der Waals surface area contributed by atoms with E-state index in [-0.39, 0.29) is 44.7 Å². The molecule has 1 heterocycles. The van der Waals surface area contributed by atoms with Crippen LogP contribution in [0.3, 0.4) is 0 Å². The Morgan fingerprint density at radius 2 is 1.78 bits per heavy atom. The first-order chi connectivity index (χ1) is 13.2. The first-order valence-electron chi connectivity index (χ1n) is 9.02. The summed E-state index contributed by atoms with van der Waals surface area (Å²) in [7, 11) is 0. The van der Waals surface area contributed by atoms with Crippen LogP contribution in [0.1, 0.15) is 23.7 Å². The normalized spacial score (nSPS) is 10.6. The molecule has 1 aromatic heterocycles. The molecule has 0 aliphatic rings. The average Bonchev–Trinajstić information content (AvgIpc) is 3.22. The number of carbonyl (C=O) groups excluding carboxylic acids is 2. The summed E-state index contributed by atoms with van der Waals surface area (Å²) in [6.07, 6.45) is 3.99. The molecule has 27 heavy (non-hydrogen) atoms. The SMILES string of the molecule is CCOC(=O)CCN(CCOCCO)C(=O)c1ccc(-n2cccc2)cc1. The molecule has 0 saturated carbocycles. The number of aliphatic hydroxyl groups is 1. The summed E-state index contributed by atoms with van der Waals surface area (Å²) in [6.45, 7) is 3.07. The standard InChI is InChI=1S/C20H26N2O5/c1-2-27-19(24)9-12-22(13-15-26-16-14-23)20(25)17-5-7-18(8-6-17)21-10-3-4-11-21/h3-8,10-11,23H,2,9,12-16H2,1H3. The smallest absolute Gasteiger partial charge is 0.307 e. The van der Waals surface area contributed by atoms with Crippen LogP contribution < -0.4 is 0 Å². The summed E-state index contributed by atoms with van der Waals surface area (Å²) in [5.74, 6) is -0.513. The van der Waals surface area contributed by atoms with Crippen LogP contribution in [0.4, 0.5) is 0 Å². The Balaban J connectivity index is 2.02. The number of rotatable bonds is 11. The zero-order chi connectivity index (χ0) is 19.5. The number of amides is 1. The number of hydrogen-bond donors (Lipinski definition) is 1. The largest absolute Gasteiger partial charge is 0.466 e. The van der Waals surface area contributed by atoms with Crippen molar-refractivity contribution in [1.29, 1.82) is 0 Å². The molecule has 0 fully saturated rings. The lowest BCUT2D eigenvalue weighted by molar-refractivity contribution is -0.143. The second-order valence-corrected chi connectivity index (χ2v) is 5.82.